The summed E-state index contributed by atoms with van der Waals surface area (Å²) in [6.07, 6.45) is 1.87. The van der Waals surface area contributed by atoms with Crippen molar-refractivity contribution >= 4 is 18.0 Å². The first-order chi connectivity index (χ1) is 11.6. The third-order valence-electron chi connectivity index (χ3n) is 3.68. The molecule has 0 heterocycles. The summed E-state index contributed by atoms with van der Waals surface area (Å²) >= 11 is 0. The molecule has 0 aliphatic rings. The summed E-state index contributed by atoms with van der Waals surface area (Å²) in [6.45, 7) is 9.52. The van der Waals surface area contributed by atoms with Crippen LogP contribution in [0.3, 0.4) is 0 Å². The van der Waals surface area contributed by atoms with Crippen LogP contribution in [0.25, 0.3) is 0 Å². The number of ether oxygens (including phenoxy) is 2. The van der Waals surface area contributed by atoms with Gasteiger partial charge in [0.2, 0.25) is 0 Å². The van der Waals surface area contributed by atoms with Crippen molar-refractivity contribution in [1.29, 1.82) is 0 Å². The van der Waals surface area contributed by atoms with E-state index in [1.165, 1.54) is 6.92 Å². The molecule has 0 saturated carbocycles. The highest BCUT2D eigenvalue weighted by atomic mass is 16.7. The minimum absolute atomic E-state index is 0.138. The Labute approximate surface area is 150 Å². The van der Waals surface area contributed by atoms with Crippen LogP contribution in [-0.4, -0.2) is 36.0 Å². The Bertz CT molecular complexity index is 422. The van der Waals surface area contributed by atoms with Crippen molar-refractivity contribution in [2.24, 2.45) is 17.8 Å². The number of alkyl carbamates (subject to hydrolysis) is 1. The van der Waals surface area contributed by atoms with Crippen molar-refractivity contribution in [3.8, 4) is 0 Å². The van der Waals surface area contributed by atoms with Crippen molar-refractivity contribution < 1.29 is 29.0 Å². The Morgan fingerprint density at radius 1 is 1.04 bits per heavy atom. The van der Waals surface area contributed by atoms with E-state index in [1.54, 1.807) is 13.8 Å². The maximum Gasteiger partial charge on any atom is 0.410 e. The minimum Gasteiger partial charge on any atom is -0.481 e. The normalized spacial score (nSPS) is 13.4. The van der Waals surface area contributed by atoms with Gasteiger partial charge in [-0.05, 0) is 37.5 Å². The third kappa shape index (κ3) is 13.2. The summed E-state index contributed by atoms with van der Waals surface area (Å²) in [5, 5.41) is 11.5. The van der Waals surface area contributed by atoms with E-state index in [1.807, 2.05) is 0 Å². The molecule has 0 fully saturated rings. The van der Waals surface area contributed by atoms with Gasteiger partial charge < -0.3 is 19.9 Å². The molecular weight excluding hydrogens is 326 g/mol. The van der Waals surface area contributed by atoms with Crippen molar-refractivity contribution in [2.45, 2.75) is 73.0 Å². The molecule has 0 rings (SSSR count). The number of amides is 1. The van der Waals surface area contributed by atoms with Crippen LogP contribution in [0, 0.1) is 17.8 Å². The molecule has 2 N–H and O–H groups in total. The van der Waals surface area contributed by atoms with Gasteiger partial charge in [0.15, 0.2) is 0 Å². The summed E-state index contributed by atoms with van der Waals surface area (Å²) in [5.41, 5.74) is 0. The highest BCUT2D eigenvalue weighted by Crippen LogP contribution is 2.22. The molecule has 146 valence electrons. The Morgan fingerprint density at radius 2 is 1.68 bits per heavy atom. The number of carboxylic acid groups (broad SMARTS) is 1. The third-order valence-corrected chi connectivity index (χ3v) is 3.68. The van der Waals surface area contributed by atoms with Gasteiger partial charge in [0.05, 0.1) is 0 Å². The fourth-order valence-corrected chi connectivity index (χ4v) is 2.56. The number of hydrogen-bond acceptors (Lipinski definition) is 5. The molecule has 0 saturated heterocycles. The van der Waals surface area contributed by atoms with Gasteiger partial charge in [-0.3, -0.25) is 9.59 Å². The van der Waals surface area contributed by atoms with Gasteiger partial charge in [0.1, 0.15) is 0 Å². The molecule has 0 unspecified atom stereocenters. The van der Waals surface area contributed by atoms with Crippen LogP contribution in [0.2, 0.25) is 0 Å². The maximum atomic E-state index is 11.8. The molecule has 2 atom stereocenters. The predicted molar refractivity (Wildman–Crippen MR) is 93.9 cm³/mol. The second kappa shape index (κ2) is 12.6. The van der Waals surface area contributed by atoms with Crippen LogP contribution >= 0.6 is 0 Å². The molecule has 0 spiro atoms. The van der Waals surface area contributed by atoms with Gasteiger partial charge in [-0.1, -0.05) is 27.7 Å². The lowest BCUT2D eigenvalue weighted by Gasteiger charge is -2.21. The molecule has 0 radical (unpaired) electrons. The number of carbonyl (C=O) groups excluding carboxylic acids is 2. The van der Waals surface area contributed by atoms with E-state index < -0.39 is 24.3 Å². The van der Waals surface area contributed by atoms with E-state index in [2.05, 4.69) is 19.2 Å². The van der Waals surface area contributed by atoms with E-state index in [0.29, 0.717) is 24.8 Å². The Balaban J connectivity index is 4.17. The number of esters is 1. The number of carbonyl (C=O) groups is 3. The molecule has 7 nitrogen and oxygen atoms in total. The van der Waals surface area contributed by atoms with Crippen LogP contribution in [0.5, 0.6) is 0 Å². The first kappa shape index (κ1) is 23.2. The highest BCUT2D eigenvalue weighted by molar-refractivity contribution is 5.68. The first-order valence-corrected chi connectivity index (χ1v) is 8.95. The molecular formula is C18H33NO6. The summed E-state index contributed by atoms with van der Waals surface area (Å²) < 4.78 is 10.0. The van der Waals surface area contributed by atoms with Gasteiger partial charge >= 0.3 is 18.0 Å². The standard InChI is InChI=1S/C18H33NO6/c1-12(2)11-15(8-9-16(21)22)7-6-10-19-18(23)25-17(13(3)4)24-14(5)20/h12-13,15,17H,6-11H2,1-5H3,(H,19,23)(H,21,22)/t15-,17-/m1/s1. The lowest BCUT2D eigenvalue weighted by atomic mass is 9.89. The molecule has 0 aromatic heterocycles. The summed E-state index contributed by atoms with van der Waals surface area (Å²) in [4.78, 5) is 33.5. The fraction of sp³-hybridized carbons (Fsp3) is 0.833. The van der Waals surface area contributed by atoms with E-state index in [9.17, 15) is 14.4 Å². The molecule has 7 heteroatoms. The van der Waals surface area contributed by atoms with Crippen molar-refractivity contribution in [3.63, 3.8) is 0 Å². The minimum atomic E-state index is -0.901. The zero-order valence-corrected chi connectivity index (χ0v) is 16.0. The number of carboxylic acids is 1. The lowest BCUT2D eigenvalue weighted by Crippen LogP contribution is -2.34. The first-order valence-electron chi connectivity index (χ1n) is 8.95. The van der Waals surface area contributed by atoms with Gasteiger partial charge in [-0.25, -0.2) is 4.79 Å². The van der Waals surface area contributed by atoms with Crippen LogP contribution in [0.1, 0.15) is 66.7 Å². The van der Waals surface area contributed by atoms with Crippen molar-refractivity contribution in [2.75, 3.05) is 6.54 Å². The smallest absolute Gasteiger partial charge is 0.410 e. The highest BCUT2D eigenvalue weighted by Gasteiger charge is 2.21. The van der Waals surface area contributed by atoms with E-state index in [-0.39, 0.29) is 12.3 Å². The van der Waals surface area contributed by atoms with Crippen molar-refractivity contribution in [3.05, 3.63) is 0 Å². The molecule has 0 aliphatic heterocycles. The van der Waals surface area contributed by atoms with Gasteiger partial charge in [0.25, 0.3) is 6.29 Å². The SMILES string of the molecule is CC(=O)O[C@H](OC(=O)NCCC[C@H](CCC(=O)O)CC(C)C)C(C)C. The number of hydrogen-bond donors (Lipinski definition) is 2. The second-order valence-electron chi connectivity index (χ2n) is 7.12. The number of nitrogens with one attached hydrogen (secondary N) is 1. The second-order valence-corrected chi connectivity index (χ2v) is 7.12. The van der Waals surface area contributed by atoms with E-state index >= 15 is 0 Å². The monoisotopic (exact) mass is 359 g/mol. The summed E-state index contributed by atoms with van der Waals surface area (Å²) in [6, 6.07) is 0. The molecule has 0 aromatic carbocycles. The topological polar surface area (TPSA) is 102 Å². The molecule has 0 aliphatic carbocycles. The van der Waals surface area contributed by atoms with Crippen LogP contribution in [0.15, 0.2) is 0 Å². The Hall–Kier alpha value is -1.79. The number of rotatable bonds is 12. The average molecular weight is 359 g/mol. The average Bonchev–Trinajstić information content (AvgIpc) is 2.47. The summed E-state index contributed by atoms with van der Waals surface area (Å²) in [5.74, 6) is -0.575. The molecule has 0 aromatic rings. The maximum absolute atomic E-state index is 11.8. The zero-order valence-electron chi connectivity index (χ0n) is 16.0. The van der Waals surface area contributed by atoms with Crippen LogP contribution in [-0.2, 0) is 19.1 Å². The largest absolute Gasteiger partial charge is 0.481 e. The fourth-order valence-electron chi connectivity index (χ4n) is 2.56. The Morgan fingerprint density at radius 3 is 2.16 bits per heavy atom. The van der Waals surface area contributed by atoms with Crippen LogP contribution in [0.4, 0.5) is 4.79 Å². The van der Waals surface area contributed by atoms with E-state index in [0.717, 1.165) is 19.3 Å². The molecule has 25 heavy (non-hydrogen) atoms. The number of aliphatic carboxylic acids is 1. The molecule has 0 bridgehead atoms. The molecule has 1 amide bonds. The van der Waals surface area contributed by atoms with Gasteiger partial charge in [-0.15, -0.1) is 0 Å². The van der Waals surface area contributed by atoms with E-state index in [4.69, 9.17) is 14.6 Å². The lowest BCUT2D eigenvalue weighted by molar-refractivity contribution is -0.172. The van der Waals surface area contributed by atoms with Gasteiger partial charge in [-0.2, -0.15) is 0 Å². The quantitative estimate of drug-likeness (QED) is 0.314. The Kier molecular flexibility index (Phi) is 11.7. The summed E-state index contributed by atoms with van der Waals surface area (Å²) in [7, 11) is 0. The van der Waals surface area contributed by atoms with Crippen LogP contribution < -0.4 is 5.32 Å². The zero-order chi connectivity index (χ0) is 19.4. The van der Waals surface area contributed by atoms with Crippen molar-refractivity contribution in [1.82, 2.24) is 5.32 Å². The predicted octanol–water partition coefficient (Wildman–Crippen LogP) is 3.57. The van der Waals surface area contributed by atoms with Gasteiger partial charge in [0, 0.05) is 25.8 Å².